The predicted molar refractivity (Wildman–Crippen MR) is 134 cm³/mol. The average molecular weight is 441 g/mol. The second-order valence-electron chi connectivity index (χ2n) is 8.34. The van der Waals surface area contributed by atoms with Gasteiger partial charge < -0.3 is 4.90 Å². The standard InChI is InChI=1S/C28H25ClN2O/c29-26-9-7-22(8-10-26)28-18-24-4-2-1-3-23(24)17-25(28)19-30-13-15-31(16-14-30)27-11-5-21(20-32)6-12-27/h1-12,17-18,20H,13-16,19H2. The van der Waals surface area contributed by atoms with Gasteiger partial charge in [-0.2, -0.15) is 0 Å². The Hall–Kier alpha value is -3.14. The molecule has 0 saturated carbocycles. The highest BCUT2D eigenvalue weighted by molar-refractivity contribution is 6.30. The number of halogens is 1. The van der Waals surface area contributed by atoms with Gasteiger partial charge >= 0.3 is 0 Å². The zero-order chi connectivity index (χ0) is 21.9. The van der Waals surface area contributed by atoms with Crippen LogP contribution in [0.5, 0.6) is 0 Å². The normalized spacial score (nSPS) is 14.6. The van der Waals surface area contributed by atoms with Gasteiger partial charge in [-0.1, -0.05) is 48.0 Å². The number of piperazine rings is 1. The van der Waals surface area contributed by atoms with Gasteiger partial charge in [0.05, 0.1) is 0 Å². The fourth-order valence-corrected chi connectivity index (χ4v) is 4.61. The molecule has 4 aromatic carbocycles. The Balaban J connectivity index is 1.37. The van der Waals surface area contributed by atoms with Gasteiger partial charge in [-0.15, -0.1) is 0 Å². The Kier molecular flexibility index (Phi) is 5.93. The zero-order valence-corrected chi connectivity index (χ0v) is 18.6. The minimum absolute atomic E-state index is 0.721. The van der Waals surface area contributed by atoms with Crippen LogP contribution in [0.4, 0.5) is 5.69 Å². The number of hydrogen-bond acceptors (Lipinski definition) is 3. The van der Waals surface area contributed by atoms with Crippen LogP contribution in [0.3, 0.4) is 0 Å². The van der Waals surface area contributed by atoms with Crippen LogP contribution in [0.2, 0.25) is 5.02 Å². The van der Waals surface area contributed by atoms with E-state index < -0.39 is 0 Å². The first-order valence-electron chi connectivity index (χ1n) is 11.0. The molecule has 3 nitrogen and oxygen atoms in total. The van der Waals surface area contributed by atoms with Crippen molar-refractivity contribution in [2.24, 2.45) is 0 Å². The van der Waals surface area contributed by atoms with E-state index >= 15 is 0 Å². The van der Waals surface area contributed by atoms with Gasteiger partial charge in [0, 0.05) is 49.0 Å². The van der Waals surface area contributed by atoms with Crippen LogP contribution >= 0.6 is 11.6 Å². The lowest BCUT2D eigenvalue weighted by atomic mass is 9.95. The van der Waals surface area contributed by atoms with E-state index in [1.165, 1.54) is 33.2 Å². The number of benzene rings is 4. The quantitative estimate of drug-likeness (QED) is 0.340. The smallest absolute Gasteiger partial charge is 0.150 e. The first kappa shape index (κ1) is 20.7. The van der Waals surface area contributed by atoms with Crippen molar-refractivity contribution in [1.29, 1.82) is 0 Å². The van der Waals surface area contributed by atoms with Crippen LogP contribution in [0.15, 0.2) is 84.9 Å². The van der Waals surface area contributed by atoms with Gasteiger partial charge in [0.2, 0.25) is 0 Å². The predicted octanol–water partition coefficient (Wildman–Crippen LogP) is 6.29. The Bertz CT molecular complexity index is 1230. The molecule has 1 heterocycles. The first-order chi connectivity index (χ1) is 15.7. The van der Waals surface area contributed by atoms with Crippen LogP contribution in [0.1, 0.15) is 15.9 Å². The van der Waals surface area contributed by atoms with Crippen molar-refractivity contribution in [3.8, 4) is 11.1 Å². The fraction of sp³-hybridized carbons (Fsp3) is 0.179. The Morgan fingerprint density at radius 3 is 2.09 bits per heavy atom. The Morgan fingerprint density at radius 2 is 1.44 bits per heavy atom. The molecule has 1 aliphatic rings. The molecule has 0 aliphatic carbocycles. The summed E-state index contributed by atoms with van der Waals surface area (Å²) in [6.45, 7) is 4.87. The minimum Gasteiger partial charge on any atom is -0.369 e. The second-order valence-corrected chi connectivity index (χ2v) is 8.77. The van der Waals surface area contributed by atoms with Crippen molar-refractivity contribution in [2.45, 2.75) is 6.54 Å². The number of nitrogens with zero attached hydrogens (tertiary/aromatic N) is 2. The summed E-state index contributed by atoms with van der Waals surface area (Å²) in [7, 11) is 0. The maximum absolute atomic E-state index is 10.9. The topological polar surface area (TPSA) is 23.6 Å². The molecule has 4 aromatic rings. The van der Waals surface area contributed by atoms with Crippen LogP contribution in [-0.2, 0) is 6.54 Å². The molecule has 160 valence electrons. The molecule has 1 saturated heterocycles. The molecule has 0 bridgehead atoms. The van der Waals surface area contributed by atoms with E-state index in [0.717, 1.165) is 49.6 Å². The van der Waals surface area contributed by atoms with Crippen molar-refractivity contribution in [3.05, 3.63) is 101 Å². The third-order valence-electron chi connectivity index (χ3n) is 6.29. The lowest BCUT2D eigenvalue weighted by molar-refractivity contribution is 0.112. The van der Waals surface area contributed by atoms with Crippen LogP contribution in [-0.4, -0.2) is 37.4 Å². The van der Waals surface area contributed by atoms with Gasteiger partial charge in [-0.3, -0.25) is 9.69 Å². The molecule has 5 rings (SSSR count). The Morgan fingerprint density at radius 1 is 0.781 bits per heavy atom. The summed E-state index contributed by atoms with van der Waals surface area (Å²) in [4.78, 5) is 15.8. The number of aldehydes is 1. The molecule has 0 amide bonds. The number of carbonyl (C=O) groups excluding carboxylic acids is 1. The van der Waals surface area contributed by atoms with E-state index in [1.54, 1.807) is 0 Å². The van der Waals surface area contributed by atoms with E-state index in [2.05, 4.69) is 58.3 Å². The van der Waals surface area contributed by atoms with Crippen molar-refractivity contribution >= 4 is 34.3 Å². The largest absolute Gasteiger partial charge is 0.369 e. The maximum atomic E-state index is 10.9. The summed E-state index contributed by atoms with van der Waals surface area (Å²) < 4.78 is 0. The van der Waals surface area contributed by atoms with E-state index in [0.29, 0.717) is 0 Å². The molecule has 0 N–H and O–H groups in total. The van der Waals surface area contributed by atoms with Crippen molar-refractivity contribution < 1.29 is 4.79 Å². The lowest BCUT2D eigenvalue weighted by Crippen LogP contribution is -2.46. The molecule has 0 atom stereocenters. The number of rotatable bonds is 5. The van der Waals surface area contributed by atoms with E-state index in [4.69, 9.17) is 11.6 Å². The molecule has 0 spiro atoms. The summed E-state index contributed by atoms with van der Waals surface area (Å²) in [5, 5.41) is 3.28. The number of anilines is 1. The van der Waals surface area contributed by atoms with E-state index in [-0.39, 0.29) is 0 Å². The molecule has 1 aliphatic heterocycles. The SMILES string of the molecule is O=Cc1ccc(N2CCN(Cc3cc4ccccc4cc3-c3ccc(Cl)cc3)CC2)cc1. The molecular weight excluding hydrogens is 416 g/mol. The second kappa shape index (κ2) is 9.15. The highest BCUT2D eigenvalue weighted by atomic mass is 35.5. The summed E-state index contributed by atoms with van der Waals surface area (Å²) >= 11 is 6.14. The zero-order valence-electron chi connectivity index (χ0n) is 17.9. The van der Waals surface area contributed by atoms with Gasteiger partial charge in [0.1, 0.15) is 6.29 Å². The summed E-state index contributed by atoms with van der Waals surface area (Å²) in [6, 6.07) is 29.2. The monoisotopic (exact) mass is 440 g/mol. The number of fused-ring (bicyclic) bond motifs is 1. The number of carbonyl (C=O) groups is 1. The van der Waals surface area contributed by atoms with Crippen LogP contribution in [0.25, 0.3) is 21.9 Å². The van der Waals surface area contributed by atoms with Gasteiger partial charge in [0.15, 0.2) is 0 Å². The lowest BCUT2D eigenvalue weighted by Gasteiger charge is -2.36. The molecule has 1 fully saturated rings. The molecule has 0 radical (unpaired) electrons. The summed E-state index contributed by atoms with van der Waals surface area (Å²) in [6.07, 6.45) is 0.892. The van der Waals surface area contributed by atoms with Crippen molar-refractivity contribution in [3.63, 3.8) is 0 Å². The summed E-state index contributed by atoms with van der Waals surface area (Å²) in [5.41, 5.74) is 5.72. The van der Waals surface area contributed by atoms with E-state index in [9.17, 15) is 4.79 Å². The fourth-order valence-electron chi connectivity index (χ4n) is 4.49. The van der Waals surface area contributed by atoms with Gasteiger partial charge in [0.25, 0.3) is 0 Å². The van der Waals surface area contributed by atoms with Crippen molar-refractivity contribution in [1.82, 2.24) is 4.90 Å². The maximum Gasteiger partial charge on any atom is 0.150 e. The van der Waals surface area contributed by atoms with Gasteiger partial charge in [-0.25, -0.2) is 0 Å². The van der Waals surface area contributed by atoms with Crippen molar-refractivity contribution in [2.75, 3.05) is 31.1 Å². The molecule has 0 aromatic heterocycles. The number of hydrogen-bond donors (Lipinski definition) is 0. The Labute approximate surface area is 193 Å². The molecular formula is C28H25ClN2O. The molecule has 32 heavy (non-hydrogen) atoms. The highest BCUT2D eigenvalue weighted by Crippen LogP contribution is 2.31. The van der Waals surface area contributed by atoms with Crippen LogP contribution < -0.4 is 4.90 Å². The van der Waals surface area contributed by atoms with E-state index in [1.807, 2.05) is 36.4 Å². The molecule has 4 heteroatoms. The van der Waals surface area contributed by atoms with Gasteiger partial charge in [-0.05, 0) is 76.0 Å². The summed E-state index contributed by atoms with van der Waals surface area (Å²) in [5.74, 6) is 0. The third kappa shape index (κ3) is 4.40. The minimum atomic E-state index is 0.721. The average Bonchev–Trinajstić information content (AvgIpc) is 2.85. The first-order valence-corrected chi connectivity index (χ1v) is 11.4. The highest BCUT2D eigenvalue weighted by Gasteiger charge is 2.19. The van der Waals surface area contributed by atoms with Crippen LogP contribution in [0, 0.1) is 0 Å². The molecule has 0 unspecified atom stereocenters. The third-order valence-corrected chi connectivity index (χ3v) is 6.54.